The number of unbranched alkanes of at least 4 members (excludes halogenated alkanes) is 2. The van der Waals surface area contributed by atoms with Gasteiger partial charge in [-0.15, -0.1) is 5.06 Å². The number of rotatable bonds is 88. The molecular formula is C84H136N4O35S. The van der Waals surface area contributed by atoms with E-state index in [0.717, 1.165) is 16.3 Å². The number of nitrogens with one attached hydrogen (secondary N) is 3. The van der Waals surface area contributed by atoms with Crippen LogP contribution in [0, 0.1) is 13.8 Å². The van der Waals surface area contributed by atoms with Gasteiger partial charge in [0, 0.05) is 62.0 Å². The van der Waals surface area contributed by atoms with Crippen LogP contribution in [0.5, 0.6) is 5.75 Å². The van der Waals surface area contributed by atoms with Gasteiger partial charge in [-0.2, -0.15) is 8.42 Å². The van der Waals surface area contributed by atoms with E-state index in [0.29, 0.717) is 348 Å². The van der Waals surface area contributed by atoms with Gasteiger partial charge in [0.1, 0.15) is 16.7 Å². The molecule has 1 aliphatic rings. The number of nitrogens with zero attached hydrogens (tertiary/aromatic N) is 1. The minimum atomic E-state index is -4.58. The van der Waals surface area contributed by atoms with Crippen LogP contribution in [0.4, 0.5) is 0 Å². The number of ether oxygens (including phenoxy) is 25. The Labute approximate surface area is 727 Å². The molecule has 0 radical (unpaired) electrons. The van der Waals surface area contributed by atoms with Gasteiger partial charge in [0.2, 0.25) is 11.8 Å². The Morgan fingerprint density at radius 1 is 0.371 bits per heavy atom. The summed E-state index contributed by atoms with van der Waals surface area (Å²) in [5.41, 5.74) is 1.42. The van der Waals surface area contributed by atoms with E-state index >= 15 is 0 Å². The van der Waals surface area contributed by atoms with Gasteiger partial charge >= 0.3 is 5.97 Å². The predicted molar refractivity (Wildman–Crippen MR) is 448 cm³/mol. The smallest absolute Gasteiger partial charge is 0.333 e. The number of aryl methyl sites for hydroxylation is 2. The third-order valence-corrected chi connectivity index (χ3v) is 18.8. The average Bonchev–Trinajstić information content (AvgIpc) is 0.768. The molecule has 124 heavy (non-hydrogen) atoms. The normalized spacial score (nSPS) is 12.8. The lowest BCUT2D eigenvalue weighted by Gasteiger charge is -2.20. The van der Waals surface area contributed by atoms with E-state index in [9.17, 15) is 41.7 Å². The zero-order valence-electron chi connectivity index (χ0n) is 72.7. The van der Waals surface area contributed by atoms with Crippen LogP contribution in [0.15, 0.2) is 41.3 Å². The maximum atomic E-state index is 13.6. The highest BCUT2D eigenvalue weighted by Crippen LogP contribution is 2.43. The number of benzene rings is 4. The molecule has 0 aromatic heterocycles. The van der Waals surface area contributed by atoms with Crippen molar-refractivity contribution in [3.05, 3.63) is 47.5 Å². The Bertz CT molecular complexity index is 3540. The molecule has 708 valence electrons. The summed E-state index contributed by atoms with van der Waals surface area (Å²) in [6.45, 7) is 24.3. The Morgan fingerprint density at radius 3 is 1.02 bits per heavy atom. The first-order chi connectivity index (χ1) is 60.7. The largest absolute Gasteiger partial charge is 0.483 e. The standard InChI is InChI=1S/C84H136N4O35S/c1-68-65-75(72-10-11-73-76(124(95,96)97)66-69(2)71-9-8-70(68)82(72)83(71)73)122-67-78(90)87-74(12-13-77(89)85-16-6-4-5-7-81(93)123-88-79(91)14-15-80(88)92)84(94)86-17-18-99-21-22-101-25-26-103-29-30-105-33-34-107-37-38-109-41-42-111-45-46-113-49-50-115-53-54-117-57-58-119-61-62-121-64-63-120-60-59-118-56-55-116-52-51-114-48-47-112-44-43-110-40-39-108-36-35-106-32-31-104-28-27-102-24-23-100-20-19-98-3/h8-11,65-66,74H,4-7,12-64,67H2,1-3H3,(H,85,89)(H,86,94)(H,87,90)(H,95,96,97). The van der Waals surface area contributed by atoms with Crippen molar-refractivity contribution in [1.29, 1.82) is 0 Å². The fraction of sp³-hybridized carbons (Fsp3) is 0.738. The lowest BCUT2D eigenvalue weighted by molar-refractivity contribution is -0.197. The van der Waals surface area contributed by atoms with Gasteiger partial charge in [-0.05, 0) is 78.6 Å². The number of hydrogen-bond acceptors (Lipinski definition) is 34. The minimum Gasteiger partial charge on any atom is -0.483 e. The van der Waals surface area contributed by atoms with E-state index in [2.05, 4.69) is 16.0 Å². The van der Waals surface area contributed by atoms with E-state index in [4.69, 9.17) is 123 Å². The van der Waals surface area contributed by atoms with Gasteiger partial charge in [-0.1, -0.05) is 24.6 Å². The number of carbonyl (C=O) groups is 6. The van der Waals surface area contributed by atoms with Crippen molar-refractivity contribution in [2.75, 3.05) is 337 Å². The molecule has 40 heteroatoms. The summed E-state index contributed by atoms with van der Waals surface area (Å²) in [5.74, 6) is -3.10. The van der Waals surface area contributed by atoms with E-state index < -0.39 is 52.4 Å². The first kappa shape index (κ1) is 108. The highest BCUT2D eigenvalue weighted by molar-refractivity contribution is 7.86. The molecule has 0 aliphatic carbocycles. The molecule has 4 N–H and O–H groups in total. The Hall–Kier alpha value is -6.31. The monoisotopic (exact) mass is 1790 g/mol. The molecule has 4 aromatic rings. The van der Waals surface area contributed by atoms with Gasteiger partial charge < -0.3 is 139 Å². The molecule has 5 rings (SSSR count). The number of imide groups is 1. The third-order valence-electron chi connectivity index (χ3n) is 17.9. The topological polar surface area (TPSA) is 436 Å². The summed E-state index contributed by atoms with van der Waals surface area (Å²) in [5, 5.41) is 12.6. The fourth-order valence-electron chi connectivity index (χ4n) is 11.7. The molecular weight excluding hydrogens is 1660 g/mol. The van der Waals surface area contributed by atoms with E-state index in [-0.39, 0.29) is 75.8 Å². The van der Waals surface area contributed by atoms with Crippen LogP contribution in [0.2, 0.25) is 0 Å². The minimum absolute atomic E-state index is 0.00590. The summed E-state index contributed by atoms with van der Waals surface area (Å²) in [6, 6.07) is 9.14. The summed E-state index contributed by atoms with van der Waals surface area (Å²) in [7, 11) is -2.94. The molecule has 1 atom stereocenters. The fourth-order valence-corrected chi connectivity index (χ4v) is 12.4. The highest BCUT2D eigenvalue weighted by Gasteiger charge is 2.33. The van der Waals surface area contributed by atoms with Crippen molar-refractivity contribution in [3.63, 3.8) is 0 Å². The van der Waals surface area contributed by atoms with Gasteiger partial charge in [0.05, 0.1) is 311 Å². The number of amides is 5. The summed E-state index contributed by atoms with van der Waals surface area (Å²) >= 11 is 0. The quantitative estimate of drug-likeness (QED) is 0.0213. The molecule has 1 aliphatic heterocycles. The summed E-state index contributed by atoms with van der Waals surface area (Å²) in [6.07, 6.45) is 1.18. The molecule has 39 nitrogen and oxygen atoms in total. The van der Waals surface area contributed by atoms with Crippen LogP contribution in [-0.2, 0) is 157 Å². The van der Waals surface area contributed by atoms with Crippen LogP contribution < -0.4 is 20.7 Å². The van der Waals surface area contributed by atoms with E-state index in [1.165, 1.54) is 6.07 Å². The highest BCUT2D eigenvalue weighted by atomic mass is 32.2. The van der Waals surface area contributed by atoms with Gasteiger partial charge in [0.15, 0.2) is 6.61 Å². The van der Waals surface area contributed by atoms with Crippen LogP contribution in [0.3, 0.4) is 0 Å². The van der Waals surface area contributed by atoms with Crippen molar-refractivity contribution >= 4 is 77.9 Å². The Morgan fingerprint density at radius 2 is 0.677 bits per heavy atom. The average molecular weight is 1790 g/mol. The van der Waals surface area contributed by atoms with Crippen molar-refractivity contribution in [2.24, 2.45) is 0 Å². The van der Waals surface area contributed by atoms with Crippen LogP contribution >= 0.6 is 0 Å². The van der Waals surface area contributed by atoms with Gasteiger partial charge in [-0.25, -0.2) is 4.79 Å². The number of carbonyl (C=O) groups excluding carboxylic acids is 6. The zero-order chi connectivity index (χ0) is 88.7. The van der Waals surface area contributed by atoms with Crippen LogP contribution in [0.1, 0.15) is 62.5 Å². The second kappa shape index (κ2) is 72.6. The van der Waals surface area contributed by atoms with Gasteiger partial charge in [-0.3, -0.25) is 28.5 Å². The Kier molecular flexibility index (Phi) is 63.3. The third kappa shape index (κ3) is 51.6. The Balaban J connectivity index is 0.717. The van der Waals surface area contributed by atoms with Gasteiger partial charge in [0.25, 0.3) is 27.8 Å². The summed E-state index contributed by atoms with van der Waals surface area (Å²) < 4.78 is 173. The molecule has 0 saturated carbocycles. The number of hydrogen-bond donors (Lipinski definition) is 4. The van der Waals surface area contributed by atoms with Crippen LogP contribution in [0.25, 0.3) is 32.3 Å². The molecule has 1 unspecified atom stereocenters. The van der Waals surface area contributed by atoms with Crippen molar-refractivity contribution < 1.29 is 165 Å². The second-order valence-corrected chi connectivity index (χ2v) is 28.8. The lowest BCUT2D eigenvalue weighted by atomic mass is 9.90. The van der Waals surface area contributed by atoms with Crippen LogP contribution in [-0.4, -0.2) is 397 Å². The maximum absolute atomic E-state index is 13.6. The maximum Gasteiger partial charge on any atom is 0.333 e. The zero-order valence-corrected chi connectivity index (χ0v) is 73.6. The van der Waals surface area contributed by atoms with Crippen molar-refractivity contribution in [2.45, 2.75) is 76.2 Å². The molecule has 0 spiro atoms. The van der Waals surface area contributed by atoms with E-state index in [1.807, 2.05) is 19.1 Å². The predicted octanol–water partition coefficient (Wildman–Crippen LogP) is 3.52. The summed E-state index contributed by atoms with van der Waals surface area (Å²) in [4.78, 5) is 80.5. The molecule has 5 amide bonds. The van der Waals surface area contributed by atoms with Crippen molar-refractivity contribution in [3.8, 4) is 5.75 Å². The molecule has 4 aromatic carbocycles. The first-order valence-electron chi connectivity index (χ1n) is 42.7. The molecule has 1 fully saturated rings. The van der Waals surface area contributed by atoms with Crippen molar-refractivity contribution in [1.82, 2.24) is 21.0 Å². The number of methoxy groups -OCH3 is 1. The molecule has 1 heterocycles. The van der Waals surface area contributed by atoms with E-state index in [1.54, 1.807) is 32.2 Å². The number of hydroxylamine groups is 2. The SMILES string of the molecule is COCCOCCOCCOCCOCCOCCOCCOCCOCCOCCOCCOCCOCCOCCOCCOCCOCCOCCOCCOCCOCCOCCOCCOCCNC(=O)C(CCC(=O)NCCCCCC(=O)ON1C(=O)CCC1=O)NC(=O)COc1cc(C)c2ccc3c(C)cc(S(=O)(=O)O)c4ccc1c2c34. The molecule has 0 bridgehead atoms. The lowest BCUT2D eigenvalue weighted by Crippen LogP contribution is -2.49. The first-order valence-corrected chi connectivity index (χ1v) is 44.1. The molecule has 1 saturated heterocycles. The second-order valence-electron chi connectivity index (χ2n) is 27.5.